The molecule has 0 saturated carbocycles. The lowest BCUT2D eigenvalue weighted by atomic mass is 9.90. The van der Waals surface area contributed by atoms with Gasteiger partial charge in [-0.2, -0.15) is 0 Å². The highest BCUT2D eigenvalue weighted by atomic mass is 35.5. The minimum Gasteiger partial charge on any atom is -0.393 e. The third-order valence-electron chi connectivity index (χ3n) is 4.88. The Morgan fingerprint density at radius 2 is 1.64 bits per heavy atom. The number of benzene rings is 3. The fourth-order valence-corrected chi connectivity index (χ4v) is 3.59. The van der Waals surface area contributed by atoms with Gasteiger partial charge in [-0.3, -0.25) is 9.79 Å². The predicted octanol–water partition coefficient (Wildman–Crippen LogP) is 4.10. The third-order valence-corrected chi connectivity index (χ3v) is 5.12. The molecule has 0 spiro atoms. The maximum atomic E-state index is 13.2. The molecule has 4 nitrogen and oxygen atoms in total. The van der Waals surface area contributed by atoms with Crippen LogP contribution in [-0.4, -0.2) is 28.9 Å². The van der Waals surface area contributed by atoms with Gasteiger partial charge in [0.15, 0.2) is 5.54 Å². The van der Waals surface area contributed by atoms with Crippen LogP contribution in [0.25, 0.3) is 0 Å². The maximum Gasteiger partial charge on any atom is 0.255 e. The first-order valence-corrected chi connectivity index (χ1v) is 9.40. The number of fused-ring (bicyclic) bond motifs is 1. The monoisotopic (exact) mass is 390 g/mol. The van der Waals surface area contributed by atoms with Gasteiger partial charge in [0.25, 0.3) is 5.91 Å². The number of nitrogens with one attached hydrogen (secondary N) is 1. The third kappa shape index (κ3) is 3.44. The number of anilines is 1. The number of aliphatic imine (C=N–C) groups is 1. The van der Waals surface area contributed by atoms with Crippen LogP contribution in [0, 0.1) is 0 Å². The van der Waals surface area contributed by atoms with E-state index in [9.17, 15) is 9.90 Å². The van der Waals surface area contributed by atoms with Crippen LogP contribution in [0.4, 0.5) is 5.69 Å². The normalized spacial score (nSPS) is 18.6. The Bertz CT molecular complexity index is 1030. The fourth-order valence-electron chi connectivity index (χ4n) is 3.42. The largest absolute Gasteiger partial charge is 0.393 e. The van der Waals surface area contributed by atoms with Gasteiger partial charge in [0.2, 0.25) is 0 Å². The Morgan fingerprint density at radius 3 is 2.32 bits per heavy atom. The highest BCUT2D eigenvalue weighted by molar-refractivity contribution is 6.32. The molecule has 1 atom stereocenters. The maximum absolute atomic E-state index is 13.2. The lowest BCUT2D eigenvalue weighted by Crippen LogP contribution is -2.46. The van der Waals surface area contributed by atoms with Crippen LogP contribution in [0.3, 0.4) is 0 Å². The van der Waals surface area contributed by atoms with Gasteiger partial charge in [-0.25, -0.2) is 0 Å². The van der Waals surface area contributed by atoms with Crippen molar-refractivity contribution in [2.24, 2.45) is 4.99 Å². The van der Waals surface area contributed by atoms with Crippen LogP contribution in [0.2, 0.25) is 5.02 Å². The van der Waals surface area contributed by atoms with E-state index in [1.807, 2.05) is 60.7 Å². The second-order valence-electron chi connectivity index (χ2n) is 6.82. The molecule has 5 heteroatoms. The molecule has 4 rings (SSSR count). The SMILES string of the molecule is O=C1Nc2ccc(Cl)cc2C(c2ccccc2)=N[C@@]1(CO)Cc1ccccc1. The molecule has 0 saturated heterocycles. The summed E-state index contributed by atoms with van der Waals surface area (Å²) >= 11 is 6.24. The molecular weight excluding hydrogens is 372 g/mol. The smallest absolute Gasteiger partial charge is 0.255 e. The van der Waals surface area contributed by atoms with Crippen molar-refractivity contribution in [1.82, 2.24) is 0 Å². The molecule has 2 N–H and O–H groups in total. The first kappa shape index (κ1) is 18.4. The zero-order valence-electron chi connectivity index (χ0n) is 15.1. The van der Waals surface area contributed by atoms with Gasteiger partial charge in [0.1, 0.15) is 0 Å². The average Bonchev–Trinajstić information content (AvgIpc) is 2.84. The van der Waals surface area contributed by atoms with Crippen LogP contribution in [-0.2, 0) is 11.2 Å². The van der Waals surface area contributed by atoms with E-state index in [1.165, 1.54) is 0 Å². The number of carbonyl (C=O) groups is 1. The standard InChI is InChI=1S/C23H19ClN2O2/c24-18-11-12-20-19(13-18)21(17-9-5-2-6-10-17)26-23(15-27,22(28)25-20)14-16-7-3-1-4-8-16/h1-13,27H,14-15H2,(H,25,28)/t23-/m1/s1. The molecule has 3 aromatic rings. The number of aliphatic hydroxyl groups excluding tert-OH is 1. The lowest BCUT2D eigenvalue weighted by Gasteiger charge is -2.26. The Morgan fingerprint density at radius 1 is 0.964 bits per heavy atom. The summed E-state index contributed by atoms with van der Waals surface area (Å²) in [5.41, 5.74) is 2.43. The van der Waals surface area contributed by atoms with E-state index in [-0.39, 0.29) is 12.3 Å². The van der Waals surface area contributed by atoms with Crippen LogP contribution >= 0.6 is 11.6 Å². The van der Waals surface area contributed by atoms with Crippen molar-refractivity contribution in [3.8, 4) is 0 Å². The van der Waals surface area contributed by atoms with Gasteiger partial charge in [0.05, 0.1) is 18.0 Å². The first-order chi connectivity index (χ1) is 13.6. The summed E-state index contributed by atoms with van der Waals surface area (Å²) in [5.74, 6) is -0.339. The molecular formula is C23H19ClN2O2. The van der Waals surface area contributed by atoms with Crippen molar-refractivity contribution in [2.75, 3.05) is 11.9 Å². The van der Waals surface area contributed by atoms with Crippen LogP contribution < -0.4 is 5.32 Å². The summed E-state index contributed by atoms with van der Waals surface area (Å²) in [5, 5.41) is 13.8. The summed E-state index contributed by atoms with van der Waals surface area (Å²) in [6.45, 7) is -0.411. The van der Waals surface area contributed by atoms with E-state index in [2.05, 4.69) is 5.32 Å². The van der Waals surface area contributed by atoms with Crippen LogP contribution in [0.15, 0.2) is 83.9 Å². The molecule has 0 aromatic heterocycles. The molecule has 0 unspecified atom stereocenters. The van der Waals surface area contributed by atoms with Crippen molar-refractivity contribution in [3.63, 3.8) is 0 Å². The van der Waals surface area contributed by atoms with Gasteiger partial charge in [-0.1, -0.05) is 72.3 Å². The Labute approximate surface area is 168 Å². The number of hydrogen-bond donors (Lipinski definition) is 2. The average molecular weight is 391 g/mol. The second-order valence-corrected chi connectivity index (χ2v) is 7.26. The quantitative estimate of drug-likeness (QED) is 0.704. The molecule has 1 amide bonds. The van der Waals surface area contributed by atoms with Crippen LogP contribution in [0.1, 0.15) is 16.7 Å². The molecule has 28 heavy (non-hydrogen) atoms. The summed E-state index contributed by atoms with van der Waals surface area (Å²) in [4.78, 5) is 18.0. The molecule has 0 radical (unpaired) electrons. The van der Waals surface area contributed by atoms with E-state index in [1.54, 1.807) is 18.2 Å². The lowest BCUT2D eigenvalue weighted by molar-refractivity contribution is -0.122. The molecule has 0 bridgehead atoms. The Hall–Kier alpha value is -2.95. The molecule has 1 aliphatic rings. The number of nitrogens with zero attached hydrogens (tertiary/aromatic N) is 1. The molecule has 1 heterocycles. The minimum atomic E-state index is -1.34. The molecule has 140 valence electrons. The van der Waals surface area contributed by atoms with Gasteiger partial charge < -0.3 is 10.4 Å². The summed E-state index contributed by atoms with van der Waals surface area (Å²) in [6.07, 6.45) is 0.286. The van der Waals surface area contributed by atoms with E-state index in [0.717, 1.165) is 16.7 Å². The van der Waals surface area contributed by atoms with Gasteiger partial charge in [0, 0.05) is 22.6 Å². The molecule has 0 fully saturated rings. The molecule has 3 aromatic carbocycles. The van der Waals surface area contributed by atoms with Crippen molar-refractivity contribution in [2.45, 2.75) is 12.0 Å². The number of rotatable bonds is 4. The highest BCUT2D eigenvalue weighted by Crippen LogP contribution is 2.32. The van der Waals surface area contributed by atoms with Crippen LogP contribution in [0.5, 0.6) is 0 Å². The summed E-state index contributed by atoms with van der Waals surface area (Å²) in [7, 11) is 0. The topological polar surface area (TPSA) is 61.7 Å². The van der Waals surface area contributed by atoms with Crippen molar-refractivity contribution >= 4 is 28.9 Å². The van der Waals surface area contributed by atoms with Crippen molar-refractivity contribution in [1.29, 1.82) is 0 Å². The molecule has 1 aliphatic heterocycles. The fraction of sp³-hybridized carbons (Fsp3) is 0.130. The minimum absolute atomic E-state index is 0.286. The first-order valence-electron chi connectivity index (χ1n) is 9.03. The van der Waals surface area contributed by atoms with E-state index >= 15 is 0 Å². The number of hydrogen-bond acceptors (Lipinski definition) is 3. The predicted molar refractivity (Wildman–Crippen MR) is 112 cm³/mol. The number of aliphatic hydroxyl groups is 1. The number of halogens is 1. The Kier molecular flexibility index (Phi) is 4.99. The van der Waals surface area contributed by atoms with E-state index in [0.29, 0.717) is 16.4 Å². The van der Waals surface area contributed by atoms with Gasteiger partial charge in [-0.05, 0) is 23.8 Å². The number of carbonyl (C=O) groups excluding carboxylic acids is 1. The zero-order valence-corrected chi connectivity index (χ0v) is 15.9. The highest BCUT2D eigenvalue weighted by Gasteiger charge is 2.41. The van der Waals surface area contributed by atoms with E-state index < -0.39 is 12.1 Å². The van der Waals surface area contributed by atoms with Crippen molar-refractivity contribution < 1.29 is 9.90 Å². The number of amides is 1. The molecule has 0 aliphatic carbocycles. The van der Waals surface area contributed by atoms with Crippen molar-refractivity contribution in [3.05, 3.63) is 101 Å². The van der Waals surface area contributed by atoms with Gasteiger partial charge in [-0.15, -0.1) is 0 Å². The number of benzodiazepines with no additional fused rings is 1. The zero-order chi connectivity index (χ0) is 19.6. The Balaban J connectivity index is 1.93. The van der Waals surface area contributed by atoms with E-state index in [4.69, 9.17) is 16.6 Å². The summed E-state index contributed by atoms with van der Waals surface area (Å²) in [6, 6.07) is 24.5. The second kappa shape index (κ2) is 7.58. The summed E-state index contributed by atoms with van der Waals surface area (Å²) < 4.78 is 0. The van der Waals surface area contributed by atoms with Gasteiger partial charge >= 0.3 is 0 Å².